The summed E-state index contributed by atoms with van der Waals surface area (Å²) in [6.45, 7) is -0.622. The van der Waals surface area contributed by atoms with E-state index in [9.17, 15) is 9.13 Å². The molecular weight excluding hydrogens is 287 g/mol. The van der Waals surface area contributed by atoms with Crippen LogP contribution in [0.5, 0.6) is 0 Å². The second-order valence-electron chi connectivity index (χ2n) is 0.938. The van der Waals surface area contributed by atoms with Crippen molar-refractivity contribution in [1.82, 2.24) is 0 Å². The van der Waals surface area contributed by atoms with Crippen molar-refractivity contribution >= 4 is 171 Å². The molecule has 2 atom stereocenters. The van der Waals surface area contributed by atoms with Gasteiger partial charge in [-0.3, -0.25) is 18.2 Å². The zero-order valence-electron chi connectivity index (χ0n) is 4.23. The third-order valence-corrected chi connectivity index (χ3v) is 1.09. The molecule has 0 aromatic heterocycles. The van der Waals surface area contributed by atoms with Crippen LogP contribution < -0.4 is 0 Å². The van der Waals surface area contributed by atoms with Gasteiger partial charge in [0.15, 0.2) is 6.79 Å². The topological polar surface area (TPSA) is 93.1 Å². The predicted octanol–water partition coefficient (Wildman–Crippen LogP) is -2.20. The van der Waals surface area contributed by atoms with Gasteiger partial charge in [0.1, 0.15) is 0 Å². The summed E-state index contributed by atoms with van der Waals surface area (Å²) < 4.78 is 27.2. The molecule has 0 saturated heterocycles. The van der Waals surface area contributed by atoms with Crippen molar-refractivity contribution in [1.29, 1.82) is 0 Å². The molecule has 11 heteroatoms. The van der Waals surface area contributed by atoms with E-state index in [1.165, 1.54) is 0 Å². The first-order chi connectivity index (χ1) is 4.13. The minimum atomic E-state index is -3.04. The molecule has 0 bridgehead atoms. The van der Waals surface area contributed by atoms with E-state index in [1.54, 1.807) is 0 Å². The van der Waals surface area contributed by atoms with Crippen LogP contribution in [0.2, 0.25) is 0 Å². The van der Waals surface area contributed by atoms with E-state index in [4.69, 9.17) is 9.79 Å². The fourth-order valence-corrected chi connectivity index (χ4v) is 0.568. The molecule has 6 nitrogen and oxygen atoms in total. The van der Waals surface area contributed by atoms with Gasteiger partial charge < -0.3 is 9.79 Å². The summed E-state index contributed by atoms with van der Waals surface area (Å²) in [5.41, 5.74) is 0. The average molecular weight is 296 g/mol. The summed E-state index contributed by atoms with van der Waals surface area (Å²) in [4.78, 5) is 15.9. The van der Waals surface area contributed by atoms with Crippen LogP contribution in [-0.2, 0) is 18.2 Å². The zero-order chi connectivity index (χ0) is 7.28. The molecule has 0 fully saturated rings. The van der Waals surface area contributed by atoms with Crippen molar-refractivity contribution in [2.24, 2.45) is 0 Å². The Morgan fingerprint density at radius 2 is 1.17 bits per heavy atom. The Balaban J connectivity index is -0.000000107. The summed E-state index contributed by atoms with van der Waals surface area (Å²) in [6.07, 6.45) is 0. The summed E-state index contributed by atoms with van der Waals surface area (Å²) >= 11 is 0. The van der Waals surface area contributed by atoms with E-state index in [0.717, 1.165) is 0 Å². The van der Waals surface area contributed by atoms with Crippen LogP contribution in [0.15, 0.2) is 0 Å². The Morgan fingerprint density at radius 3 is 1.33 bits per heavy atom. The van der Waals surface area contributed by atoms with E-state index in [0.29, 0.717) is 0 Å². The van der Waals surface area contributed by atoms with Gasteiger partial charge in [0, 0.05) is 0 Å². The van der Waals surface area contributed by atoms with Crippen LogP contribution in [0.1, 0.15) is 0 Å². The maximum absolute atomic E-state index is 9.69. The average Bonchev–Trinajstić information content (AvgIpc) is 1.63. The molecule has 0 aliphatic carbocycles. The SMILES string of the molecule is O=[PH](O)OCO[PH](=O)O.[KH].[KH].[KH]. The van der Waals surface area contributed by atoms with Crippen molar-refractivity contribution in [3.05, 3.63) is 0 Å². The number of hydrogen-bond acceptors (Lipinski definition) is 4. The molecule has 0 radical (unpaired) electrons. The van der Waals surface area contributed by atoms with Gasteiger partial charge in [0.05, 0.1) is 0 Å². The zero-order valence-corrected chi connectivity index (χ0v) is 6.23. The van der Waals surface area contributed by atoms with Gasteiger partial charge in [0.25, 0.3) is 0 Å². The molecule has 0 aromatic rings. The third-order valence-electron chi connectivity index (χ3n) is 0.365. The summed E-state index contributed by atoms with van der Waals surface area (Å²) in [7, 11) is -6.08. The second-order valence-corrected chi connectivity index (χ2v) is 2.58. The number of hydrogen-bond donors (Lipinski definition) is 2. The van der Waals surface area contributed by atoms with Crippen molar-refractivity contribution in [2.75, 3.05) is 6.79 Å². The van der Waals surface area contributed by atoms with E-state index < -0.39 is 23.3 Å². The molecule has 0 aliphatic heterocycles. The van der Waals surface area contributed by atoms with E-state index in [-0.39, 0.29) is 154 Å². The first-order valence-corrected chi connectivity index (χ1v) is 4.37. The molecule has 2 unspecified atom stereocenters. The van der Waals surface area contributed by atoms with Gasteiger partial charge in [-0.1, -0.05) is 0 Å². The van der Waals surface area contributed by atoms with E-state index in [2.05, 4.69) is 9.05 Å². The summed E-state index contributed by atoms with van der Waals surface area (Å²) in [5.74, 6) is 0. The molecule has 0 heterocycles. The molecule has 0 spiro atoms. The monoisotopic (exact) mass is 296 g/mol. The maximum atomic E-state index is 9.69. The first-order valence-electron chi connectivity index (χ1n) is 1.84. The van der Waals surface area contributed by atoms with Crippen molar-refractivity contribution in [3.63, 3.8) is 0 Å². The van der Waals surface area contributed by atoms with Crippen molar-refractivity contribution in [3.8, 4) is 0 Å². The fraction of sp³-hybridized carbons (Fsp3) is 1.00. The molecule has 2 N–H and O–H groups in total. The van der Waals surface area contributed by atoms with E-state index >= 15 is 0 Å². The Kier molecular flexibility index (Phi) is 40.1. The quantitative estimate of drug-likeness (QED) is 0.347. The predicted molar refractivity (Wildman–Crippen MR) is 50.9 cm³/mol. The van der Waals surface area contributed by atoms with Gasteiger partial charge in [-0.15, -0.1) is 0 Å². The third kappa shape index (κ3) is 24.4. The molecule has 0 aromatic carbocycles. The Hall–Kier alpha value is 5.21. The Morgan fingerprint density at radius 1 is 0.917 bits per heavy atom. The molecule has 0 amide bonds. The van der Waals surface area contributed by atoms with Gasteiger partial charge in [0.2, 0.25) is 0 Å². The first kappa shape index (κ1) is 25.9. The standard InChI is InChI=1S/CH6O6P2.3K.3H/c2-8(3)6-1-7-9(4)5;;;;;;/h8-9H,1H2,(H,2,3)(H,4,5);;;;;;. The van der Waals surface area contributed by atoms with E-state index in [1.807, 2.05) is 0 Å². The molecule has 0 rings (SSSR count). The van der Waals surface area contributed by atoms with Crippen LogP contribution in [0.25, 0.3) is 0 Å². The Bertz CT molecular complexity index is 116. The molecule has 12 heavy (non-hydrogen) atoms. The molecule has 0 aliphatic rings. The van der Waals surface area contributed by atoms with Crippen LogP contribution in [0, 0.1) is 0 Å². The van der Waals surface area contributed by atoms with Crippen LogP contribution in [0.3, 0.4) is 0 Å². The summed E-state index contributed by atoms with van der Waals surface area (Å²) in [6, 6.07) is 0. The van der Waals surface area contributed by atoms with Gasteiger partial charge in [-0.05, 0) is 0 Å². The fourth-order valence-electron chi connectivity index (χ4n) is 0.130. The molecule has 0 saturated carbocycles. The Labute approximate surface area is 199 Å². The van der Waals surface area contributed by atoms with Gasteiger partial charge in [-0.25, -0.2) is 0 Å². The van der Waals surface area contributed by atoms with Crippen molar-refractivity contribution < 1.29 is 28.0 Å². The molecular formula is CH9K3O6P2. The van der Waals surface area contributed by atoms with Gasteiger partial charge in [-0.2, -0.15) is 0 Å². The minimum absolute atomic E-state index is 0. The van der Waals surface area contributed by atoms with Gasteiger partial charge >= 0.3 is 171 Å². The van der Waals surface area contributed by atoms with Crippen molar-refractivity contribution in [2.45, 2.75) is 0 Å². The normalized spacial score (nSPS) is 12.8. The second kappa shape index (κ2) is 18.6. The molecule has 62 valence electrons. The summed E-state index contributed by atoms with van der Waals surface area (Å²) in [5, 5.41) is 0. The van der Waals surface area contributed by atoms with Crippen LogP contribution >= 0.6 is 16.5 Å². The number of rotatable bonds is 4. The van der Waals surface area contributed by atoms with Crippen LogP contribution in [0.4, 0.5) is 0 Å². The van der Waals surface area contributed by atoms with Crippen LogP contribution in [-0.4, -0.2) is 171 Å².